The number of nitrogens with one attached hydrogen (secondary N) is 1. The van der Waals surface area contributed by atoms with Gasteiger partial charge in [-0.05, 0) is 37.0 Å². The first-order chi connectivity index (χ1) is 9.63. The number of esters is 1. The quantitative estimate of drug-likeness (QED) is 0.831. The van der Waals surface area contributed by atoms with Crippen LogP contribution in [0.4, 0.5) is 5.69 Å². The van der Waals surface area contributed by atoms with Crippen LogP contribution in [0.15, 0.2) is 18.2 Å². The zero-order chi connectivity index (χ0) is 14.5. The van der Waals surface area contributed by atoms with Gasteiger partial charge >= 0.3 is 5.97 Å². The fourth-order valence-electron chi connectivity index (χ4n) is 2.93. The maximum Gasteiger partial charge on any atom is 0.340 e. The van der Waals surface area contributed by atoms with Crippen LogP contribution in [-0.2, 0) is 4.74 Å². The van der Waals surface area contributed by atoms with E-state index >= 15 is 0 Å². The molecule has 110 valence electrons. The molecule has 0 amide bonds. The maximum absolute atomic E-state index is 11.8. The summed E-state index contributed by atoms with van der Waals surface area (Å²) in [6.45, 7) is 2.25. The number of anilines is 1. The number of hydrogen-bond donors (Lipinski definition) is 1. The molecule has 0 heterocycles. The monoisotopic (exact) mass is 295 g/mol. The number of rotatable bonds is 4. The number of methoxy groups -OCH3 is 1. The second-order valence-electron chi connectivity index (χ2n) is 5.46. The highest BCUT2D eigenvalue weighted by molar-refractivity contribution is 6.31. The summed E-state index contributed by atoms with van der Waals surface area (Å²) in [5.41, 5.74) is 1.33. The van der Waals surface area contributed by atoms with Gasteiger partial charge in [0.05, 0.1) is 12.7 Å². The smallest absolute Gasteiger partial charge is 0.340 e. The van der Waals surface area contributed by atoms with Crippen molar-refractivity contribution in [2.75, 3.05) is 12.4 Å². The molecule has 1 aliphatic rings. The van der Waals surface area contributed by atoms with Crippen LogP contribution in [0.25, 0.3) is 0 Å². The van der Waals surface area contributed by atoms with Crippen LogP contribution in [0.1, 0.15) is 49.4 Å². The van der Waals surface area contributed by atoms with Gasteiger partial charge in [0, 0.05) is 16.8 Å². The van der Waals surface area contributed by atoms with Gasteiger partial charge in [0.2, 0.25) is 0 Å². The Hall–Kier alpha value is -1.22. The van der Waals surface area contributed by atoms with E-state index in [0.717, 1.165) is 18.0 Å². The van der Waals surface area contributed by atoms with Crippen molar-refractivity contribution in [1.29, 1.82) is 0 Å². The second kappa shape index (κ2) is 6.98. The SMILES string of the molecule is CCC1CCCC(Nc2ccc(Cl)cc2C(=O)OC)C1. The molecule has 0 bridgehead atoms. The summed E-state index contributed by atoms with van der Waals surface area (Å²) in [6.07, 6.45) is 6.11. The zero-order valence-electron chi connectivity index (χ0n) is 12.1. The van der Waals surface area contributed by atoms with E-state index in [0.29, 0.717) is 16.6 Å². The van der Waals surface area contributed by atoms with Crippen molar-refractivity contribution in [2.45, 2.75) is 45.1 Å². The molecule has 2 unspecified atom stereocenters. The summed E-state index contributed by atoms with van der Waals surface area (Å²) in [5.74, 6) is 0.438. The lowest BCUT2D eigenvalue weighted by molar-refractivity contribution is 0.0601. The Morgan fingerprint density at radius 2 is 2.25 bits per heavy atom. The van der Waals surface area contributed by atoms with Crippen molar-refractivity contribution in [1.82, 2.24) is 0 Å². The van der Waals surface area contributed by atoms with Gasteiger partial charge in [-0.1, -0.05) is 37.8 Å². The van der Waals surface area contributed by atoms with Gasteiger partial charge in [0.15, 0.2) is 0 Å². The molecule has 0 saturated heterocycles. The largest absolute Gasteiger partial charge is 0.465 e. The van der Waals surface area contributed by atoms with E-state index in [1.54, 1.807) is 12.1 Å². The Bertz CT molecular complexity index is 476. The number of benzene rings is 1. The first kappa shape index (κ1) is 15.2. The summed E-state index contributed by atoms with van der Waals surface area (Å²) in [4.78, 5) is 11.8. The van der Waals surface area contributed by atoms with Crippen molar-refractivity contribution >= 4 is 23.3 Å². The van der Waals surface area contributed by atoms with Crippen LogP contribution in [0.5, 0.6) is 0 Å². The molecule has 1 saturated carbocycles. The molecule has 1 N–H and O–H groups in total. The molecule has 2 atom stereocenters. The highest BCUT2D eigenvalue weighted by Gasteiger charge is 2.22. The van der Waals surface area contributed by atoms with Crippen LogP contribution in [-0.4, -0.2) is 19.1 Å². The molecule has 0 radical (unpaired) electrons. The van der Waals surface area contributed by atoms with E-state index < -0.39 is 0 Å². The predicted octanol–water partition coefficient (Wildman–Crippen LogP) is 4.51. The molecule has 1 fully saturated rings. The molecular formula is C16H22ClNO2. The Morgan fingerprint density at radius 3 is 2.95 bits per heavy atom. The van der Waals surface area contributed by atoms with Crippen LogP contribution >= 0.6 is 11.6 Å². The van der Waals surface area contributed by atoms with E-state index in [-0.39, 0.29) is 5.97 Å². The summed E-state index contributed by atoms with van der Waals surface area (Å²) in [6, 6.07) is 5.76. The normalized spacial score (nSPS) is 22.4. The molecule has 1 aromatic carbocycles. The average molecular weight is 296 g/mol. The Morgan fingerprint density at radius 1 is 1.45 bits per heavy atom. The van der Waals surface area contributed by atoms with Gasteiger partial charge in [0.1, 0.15) is 0 Å². The molecule has 1 aliphatic carbocycles. The third kappa shape index (κ3) is 3.66. The standard InChI is InChI=1S/C16H22ClNO2/c1-3-11-5-4-6-13(9-11)18-15-8-7-12(17)10-14(15)16(19)20-2/h7-8,10-11,13,18H,3-6,9H2,1-2H3. The van der Waals surface area contributed by atoms with Crippen molar-refractivity contribution in [3.63, 3.8) is 0 Å². The van der Waals surface area contributed by atoms with Crippen LogP contribution in [0.3, 0.4) is 0 Å². The minimum atomic E-state index is -0.349. The lowest BCUT2D eigenvalue weighted by Crippen LogP contribution is -2.27. The molecule has 2 rings (SSSR count). The third-order valence-corrected chi connectivity index (χ3v) is 4.34. The molecule has 0 aromatic heterocycles. The van der Waals surface area contributed by atoms with Gasteiger partial charge in [-0.2, -0.15) is 0 Å². The highest BCUT2D eigenvalue weighted by atomic mass is 35.5. The number of halogens is 1. The van der Waals surface area contributed by atoms with E-state index in [1.807, 2.05) is 6.07 Å². The number of carbonyl (C=O) groups is 1. The lowest BCUT2D eigenvalue weighted by Gasteiger charge is -2.30. The molecule has 3 nitrogen and oxygen atoms in total. The first-order valence-corrected chi connectivity index (χ1v) is 7.66. The summed E-state index contributed by atoms with van der Waals surface area (Å²) >= 11 is 5.97. The summed E-state index contributed by atoms with van der Waals surface area (Å²) < 4.78 is 4.83. The van der Waals surface area contributed by atoms with Crippen molar-refractivity contribution < 1.29 is 9.53 Å². The molecule has 4 heteroatoms. The minimum Gasteiger partial charge on any atom is -0.465 e. The Balaban J connectivity index is 2.14. The molecule has 0 aliphatic heterocycles. The van der Waals surface area contributed by atoms with Crippen molar-refractivity contribution in [3.05, 3.63) is 28.8 Å². The molecule has 0 spiro atoms. The van der Waals surface area contributed by atoms with Crippen LogP contribution in [0.2, 0.25) is 5.02 Å². The molecule has 20 heavy (non-hydrogen) atoms. The van der Waals surface area contributed by atoms with E-state index in [2.05, 4.69) is 12.2 Å². The predicted molar refractivity (Wildman–Crippen MR) is 82.5 cm³/mol. The van der Waals surface area contributed by atoms with Crippen LogP contribution in [0, 0.1) is 5.92 Å². The fourth-order valence-corrected chi connectivity index (χ4v) is 3.11. The van der Waals surface area contributed by atoms with Gasteiger partial charge in [-0.3, -0.25) is 0 Å². The molecular weight excluding hydrogens is 274 g/mol. The maximum atomic E-state index is 11.8. The summed E-state index contributed by atoms with van der Waals surface area (Å²) in [7, 11) is 1.39. The number of carbonyl (C=O) groups excluding carboxylic acids is 1. The third-order valence-electron chi connectivity index (χ3n) is 4.11. The second-order valence-corrected chi connectivity index (χ2v) is 5.90. The van der Waals surface area contributed by atoms with E-state index in [9.17, 15) is 4.79 Å². The van der Waals surface area contributed by atoms with Gasteiger partial charge in [-0.15, -0.1) is 0 Å². The number of hydrogen-bond acceptors (Lipinski definition) is 3. The first-order valence-electron chi connectivity index (χ1n) is 7.28. The fraction of sp³-hybridized carbons (Fsp3) is 0.562. The van der Waals surface area contributed by atoms with E-state index in [1.165, 1.54) is 32.8 Å². The number of ether oxygens (including phenoxy) is 1. The van der Waals surface area contributed by atoms with Crippen molar-refractivity contribution in [3.8, 4) is 0 Å². The lowest BCUT2D eigenvalue weighted by atomic mass is 9.84. The summed E-state index contributed by atoms with van der Waals surface area (Å²) in [5, 5.41) is 4.04. The topological polar surface area (TPSA) is 38.3 Å². The van der Waals surface area contributed by atoms with Gasteiger partial charge < -0.3 is 10.1 Å². The highest BCUT2D eigenvalue weighted by Crippen LogP contribution is 2.30. The average Bonchev–Trinajstić information content (AvgIpc) is 2.48. The van der Waals surface area contributed by atoms with Gasteiger partial charge in [0.25, 0.3) is 0 Å². The van der Waals surface area contributed by atoms with Crippen molar-refractivity contribution in [2.24, 2.45) is 5.92 Å². The van der Waals surface area contributed by atoms with E-state index in [4.69, 9.17) is 16.3 Å². The molecule has 1 aromatic rings. The minimum absolute atomic E-state index is 0.349. The van der Waals surface area contributed by atoms with Crippen LogP contribution < -0.4 is 5.32 Å². The van der Waals surface area contributed by atoms with Gasteiger partial charge in [-0.25, -0.2) is 4.79 Å². The zero-order valence-corrected chi connectivity index (χ0v) is 12.9. The Labute approximate surface area is 125 Å². The Kier molecular flexibility index (Phi) is 5.30.